The summed E-state index contributed by atoms with van der Waals surface area (Å²) < 4.78 is 11.3. The van der Waals surface area contributed by atoms with Gasteiger partial charge in [0.25, 0.3) is 11.8 Å². The fraction of sp³-hybridized carbons (Fsp3) is 0.0870. The topological polar surface area (TPSA) is 93.7 Å². The highest BCUT2D eigenvalue weighted by atomic mass is 16.5. The molecule has 0 saturated carbocycles. The normalized spacial score (nSPS) is 13.6. The number of methoxy groups -OCH3 is 1. The van der Waals surface area contributed by atoms with Crippen LogP contribution in [0, 0.1) is 0 Å². The Morgan fingerprint density at radius 3 is 2.40 bits per heavy atom. The number of hydrogen-bond donors (Lipinski definition) is 2. The fourth-order valence-corrected chi connectivity index (χ4v) is 3.22. The van der Waals surface area contributed by atoms with Crippen LogP contribution in [0.3, 0.4) is 0 Å². The number of nitrogens with one attached hydrogen (secondary N) is 2. The van der Waals surface area contributed by atoms with Crippen LogP contribution < -0.4 is 20.1 Å². The van der Waals surface area contributed by atoms with Crippen LogP contribution in [0.5, 0.6) is 11.5 Å². The number of imide groups is 2. The number of rotatable bonds is 5. The van der Waals surface area contributed by atoms with Crippen LogP contribution in [0.4, 0.5) is 4.79 Å². The van der Waals surface area contributed by atoms with Gasteiger partial charge in [-0.05, 0) is 34.5 Å². The van der Waals surface area contributed by atoms with Gasteiger partial charge in [-0.1, -0.05) is 42.5 Å². The summed E-state index contributed by atoms with van der Waals surface area (Å²) in [5, 5.41) is 6.29. The third kappa shape index (κ3) is 3.86. The Morgan fingerprint density at radius 2 is 1.63 bits per heavy atom. The Kier molecular flexibility index (Phi) is 5.17. The molecule has 1 saturated heterocycles. The molecule has 3 aromatic rings. The van der Waals surface area contributed by atoms with E-state index in [0.717, 1.165) is 16.3 Å². The van der Waals surface area contributed by atoms with Gasteiger partial charge >= 0.3 is 6.03 Å². The lowest BCUT2D eigenvalue weighted by Gasteiger charge is -2.16. The number of amides is 4. The second-order valence-electron chi connectivity index (χ2n) is 6.63. The first-order valence-corrected chi connectivity index (χ1v) is 9.21. The van der Waals surface area contributed by atoms with Gasteiger partial charge in [0.05, 0.1) is 7.11 Å². The van der Waals surface area contributed by atoms with Crippen molar-refractivity contribution in [2.45, 2.75) is 6.61 Å². The standard InChI is InChI=1S/C23H18N2O5/c1-29-17-10-9-15(11-19-21(26)24-23(28)25-22(19)27)20(12-17)30-13-16-7-4-6-14-5-2-3-8-18(14)16/h2-12H,13H2,1H3,(H2,24,25,26,27,28). The Morgan fingerprint density at radius 1 is 0.900 bits per heavy atom. The molecule has 7 heteroatoms. The third-order valence-corrected chi connectivity index (χ3v) is 4.73. The highest BCUT2D eigenvalue weighted by Crippen LogP contribution is 2.29. The first-order valence-electron chi connectivity index (χ1n) is 9.21. The zero-order valence-corrected chi connectivity index (χ0v) is 16.1. The van der Waals surface area contributed by atoms with Gasteiger partial charge in [0.2, 0.25) is 0 Å². The van der Waals surface area contributed by atoms with Crippen molar-refractivity contribution in [2.24, 2.45) is 0 Å². The summed E-state index contributed by atoms with van der Waals surface area (Å²) in [7, 11) is 1.54. The van der Waals surface area contributed by atoms with Gasteiger partial charge in [-0.15, -0.1) is 0 Å². The summed E-state index contributed by atoms with van der Waals surface area (Å²) in [5.41, 5.74) is 1.31. The molecular weight excluding hydrogens is 384 g/mol. The molecule has 7 nitrogen and oxygen atoms in total. The van der Waals surface area contributed by atoms with Crippen molar-refractivity contribution >= 4 is 34.7 Å². The van der Waals surface area contributed by atoms with Gasteiger partial charge in [0.1, 0.15) is 23.7 Å². The molecule has 1 aliphatic rings. The molecule has 1 aliphatic heterocycles. The lowest BCUT2D eigenvalue weighted by atomic mass is 10.0. The summed E-state index contributed by atoms with van der Waals surface area (Å²) in [6.07, 6.45) is 1.38. The third-order valence-electron chi connectivity index (χ3n) is 4.73. The van der Waals surface area contributed by atoms with E-state index in [4.69, 9.17) is 9.47 Å². The van der Waals surface area contributed by atoms with E-state index in [-0.39, 0.29) is 12.2 Å². The molecule has 1 heterocycles. The van der Waals surface area contributed by atoms with E-state index >= 15 is 0 Å². The fourth-order valence-electron chi connectivity index (χ4n) is 3.22. The van der Waals surface area contributed by atoms with Crippen LogP contribution in [-0.2, 0) is 16.2 Å². The van der Waals surface area contributed by atoms with Crippen molar-refractivity contribution in [1.29, 1.82) is 0 Å². The predicted molar refractivity (Wildman–Crippen MR) is 111 cm³/mol. The van der Waals surface area contributed by atoms with Crippen molar-refractivity contribution in [2.75, 3.05) is 7.11 Å². The molecule has 0 aliphatic carbocycles. The number of urea groups is 1. The first-order chi connectivity index (χ1) is 14.5. The van der Waals surface area contributed by atoms with E-state index < -0.39 is 17.8 Å². The summed E-state index contributed by atoms with van der Waals surface area (Å²) in [6.45, 7) is 0.279. The van der Waals surface area contributed by atoms with Crippen molar-refractivity contribution in [3.63, 3.8) is 0 Å². The number of carbonyl (C=O) groups is 3. The van der Waals surface area contributed by atoms with Crippen molar-refractivity contribution in [1.82, 2.24) is 10.6 Å². The number of fused-ring (bicyclic) bond motifs is 1. The Hall–Kier alpha value is -4.13. The van der Waals surface area contributed by atoms with Crippen molar-refractivity contribution in [3.05, 3.63) is 77.4 Å². The summed E-state index contributed by atoms with van der Waals surface area (Å²) in [5.74, 6) is -0.524. The van der Waals surface area contributed by atoms with Crippen LogP contribution in [0.2, 0.25) is 0 Å². The van der Waals surface area contributed by atoms with Crippen LogP contribution in [0.15, 0.2) is 66.2 Å². The molecule has 4 rings (SSSR count). The summed E-state index contributed by atoms with van der Waals surface area (Å²) in [6, 6.07) is 18.2. The van der Waals surface area contributed by atoms with E-state index in [9.17, 15) is 14.4 Å². The van der Waals surface area contributed by atoms with E-state index in [0.29, 0.717) is 17.1 Å². The molecule has 0 bridgehead atoms. The molecular formula is C23H18N2O5. The number of carbonyl (C=O) groups excluding carboxylic acids is 3. The quantitative estimate of drug-likeness (QED) is 0.505. The zero-order chi connectivity index (χ0) is 21.1. The Bertz CT molecular complexity index is 1170. The molecule has 2 N–H and O–H groups in total. The van der Waals surface area contributed by atoms with E-state index in [1.807, 2.05) is 42.5 Å². The van der Waals surface area contributed by atoms with Gasteiger partial charge in [-0.2, -0.15) is 0 Å². The molecule has 0 atom stereocenters. The molecule has 1 fully saturated rings. The summed E-state index contributed by atoms with van der Waals surface area (Å²) in [4.78, 5) is 35.4. The van der Waals surface area contributed by atoms with Crippen molar-refractivity contribution in [3.8, 4) is 11.5 Å². The zero-order valence-electron chi connectivity index (χ0n) is 16.1. The van der Waals surface area contributed by atoms with Crippen LogP contribution in [-0.4, -0.2) is 25.0 Å². The maximum Gasteiger partial charge on any atom is 0.328 e. The number of barbiturate groups is 1. The van der Waals surface area contributed by atoms with Crippen LogP contribution in [0.1, 0.15) is 11.1 Å². The maximum atomic E-state index is 12.1. The maximum absolute atomic E-state index is 12.1. The number of hydrogen-bond acceptors (Lipinski definition) is 5. The summed E-state index contributed by atoms with van der Waals surface area (Å²) >= 11 is 0. The predicted octanol–water partition coefficient (Wildman–Crippen LogP) is 3.18. The smallest absolute Gasteiger partial charge is 0.328 e. The van der Waals surface area contributed by atoms with Crippen molar-refractivity contribution < 1.29 is 23.9 Å². The van der Waals surface area contributed by atoms with E-state index in [1.54, 1.807) is 18.2 Å². The monoisotopic (exact) mass is 402 g/mol. The lowest BCUT2D eigenvalue weighted by molar-refractivity contribution is -0.123. The second kappa shape index (κ2) is 8.08. The average Bonchev–Trinajstić information content (AvgIpc) is 2.75. The second-order valence-corrected chi connectivity index (χ2v) is 6.63. The minimum absolute atomic E-state index is 0.185. The van der Waals surface area contributed by atoms with Crippen LogP contribution >= 0.6 is 0 Å². The van der Waals surface area contributed by atoms with E-state index in [1.165, 1.54) is 13.2 Å². The first kappa shape index (κ1) is 19.2. The van der Waals surface area contributed by atoms with Gasteiger partial charge in [-0.3, -0.25) is 20.2 Å². The van der Waals surface area contributed by atoms with Crippen LogP contribution in [0.25, 0.3) is 16.8 Å². The van der Waals surface area contributed by atoms with Gasteiger partial charge in [0.15, 0.2) is 0 Å². The lowest BCUT2D eigenvalue weighted by Crippen LogP contribution is -2.51. The van der Waals surface area contributed by atoms with Gasteiger partial charge in [0, 0.05) is 11.6 Å². The molecule has 0 unspecified atom stereocenters. The molecule has 150 valence electrons. The molecule has 0 radical (unpaired) electrons. The van der Waals surface area contributed by atoms with E-state index in [2.05, 4.69) is 10.6 Å². The molecule has 30 heavy (non-hydrogen) atoms. The number of ether oxygens (including phenoxy) is 2. The average molecular weight is 402 g/mol. The minimum Gasteiger partial charge on any atom is -0.497 e. The molecule has 0 spiro atoms. The minimum atomic E-state index is -0.843. The number of benzene rings is 3. The molecule has 4 amide bonds. The molecule has 3 aromatic carbocycles. The Balaban J connectivity index is 1.67. The molecule has 0 aromatic heterocycles. The van der Waals surface area contributed by atoms with Gasteiger partial charge in [-0.25, -0.2) is 4.79 Å². The highest BCUT2D eigenvalue weighted by Gasteiger charge is 2.28. The van der Waals surface area contributed by atoms with Gasteiger partial charge < -0.3 is 9.47 Å². The highest BCUT2D eigenvalue weighted by molar-refractivity contribution is 6.31. The largest absolute Gasteiger partial charge is 0.497 e. The Labute approximate surface area is 172 Å². The SMILES string of the molecule is COc1ccc(C=C2C(=O)NC(=O)NC2=O)c(OCc2cccc3ccccc23)c1.